The molecule has 1 saturated carbocycles. The molecule has 7 nitrogen and oxygen atoms in total. The number of aryl methyl sites for hydroxylation is 1. The average molecular weight is 323 g/mol. The van der Waals surface area contributed by atoms with Crippen molar-refractivity contribution in [2.45, 2.75) is 52.5 Å². The van der Waals surface area contributed by atoms with E-state index in [1.807, 2.05) is 0 Å². The van der Waals surface area contributed by atoms with E-state index in [1.54, 1.807) is 14.0 Å². The number of nitrogens with zero attached hydrogens (tertiary/aromatic N) is 3. The topological polar surface area (TPSA) is 84.6 Å². The number of hydrogen-bond acceptors (Lipinski definition) is 5. The number of rotatable bonds is 8. The Hall–Kier alpha value is -1.63. The van der Waals surface area contributed by atoms with Gasteiger partial charge in [0.05, 0.1) is 0 Å². The lowest BCUT2D eigenvalue weighted by Gasteiger charge is -2.29. The van der Waals surface area contributed by atoms with Gasteiger partial charge in [0, 0.05) is 26.8 Å². The molecule has 0 spiro atoms. The number of ether oxygens (including phenoxy) is 1. The molecule has 2 rings (SSSR count). The van der Waals surface area contributed by atoms with Crippen LogP contribution in [0.3, 0.4) is 0 Å². The van der Waals surface area contributed by atoms with Crippen molar-refractivity contribution in [2.24, 2.45) is 10.4 Å². The normalized spacial score (nSPS) is 17.4. The molecule has 0 aliphatic heterocycles. The van der Waals surface area contributed by atoms with E-state index in [9.17, 15) is 0 Å². The SMILES string of the molecule is CCNC(=NCc1nc(C)no1)NCC1(CCOC)CCCC1. The van der Waals surface area contributed by atoms with Crippen molar-refractivity contribution in [1.82, 2.24) is 20.8 Å². The largest absolute Gasteiger partial charge is 0.385 e. The summed E-state index contributed by atoms with van der Waals surface area (Å²) in [6.07, 6.45) is 6.22. The zero-order chi connectivity index (χ0) is 16.5. The van der Waals surface area contributed by atoms with Gasteiger partial charge in [-0.25, -0.2) is 4.99 Å². The average Bonchev–Trinajstić information content (AvgIpc) is 3.18. The van der Waals surface area contributed by atoms with Crippen LogP contribution in [-0.4, -0.2) is 42.9 Å². The first-order chi connectivity index (χ1) is 11.2. The summed E-state index contributed by atoms with van der Waals surface area (Å²) in [5.74, 6) is 1.97. The molecule has 0 saturated heterocycles. The number of methoxy groups -OCH3 is 1. The molecule has 0 bridgehead atoms. The van der Waals surface area contributed by atoms with E-state index in [0.717, 1.165) is 32.1 Å². The van der Waals surface area contributed by atoms with Gasteiger partial charge >= 0.3 is 0 Å². The van der Waals surface area contributed by atoms with E-state index in [0.29, 0.717) is 23.7 Å². The Bertz CT molecular complexity index is 494. The molecule has 0 aromatic carbocycles. The zero-order valence-electron chi connectivity index (χ0n) is 14.5. The van der Waals surface area contributed by atoms with Gasteiger partial charge in [-0.15, -0.1) is 0 Å². The quantitative estimate of drug-likeness (QED) is 0.562. The van der Waals surface area contributed by atoms with Gasteiger partial charge < -0.3 is 19.9 Å². The highest BCUT2D eigenvalue weighted by atomic mass is 16.5. The van der Waals surface area contributed by atoms with Crippen molar-refractivity contribution in [1.29, 1.82) is 0 Å². The second-order valence-electron chi connectivity index (χ2n) is 6.23. The van der Waals surface area contributed by atoms with Crippen molar-refractivity contribution in [3.8, 4) is 0 Å². The van der Waals surface area contributed by atoms with E-state index >= 15 is 0 Å². The third-order valence-electron chi connectivity index (χ3n) is 4.42. The van der Waals surface area contributed by atoms with Crippen molar-refractivity contribution >= 4 is 5.96 Å². The Labute approximate surface area is 138 Å². The predicted octanol–water partition coefficient (Wildman–Crippen LogP) is 2.03. The van der Waals surface area contributed by atoms with Crippen LogP contribution in [0.1, 0.15) is 50.7 Å². The molecule has 0 amide bonds. The zero-order valence-corrected chi connectivity index (χ0v) is 14.5. The predicted molar refractivity (Wildman–Crippen MR) is 89.2 cm³/mol. The van der Waals surface area contributed by atoms with E-state index in [-0.39, 0.29) is 0 Å². The second-order valence-corrected chi connectivity index (χ2v) is 6.23. The summed E-state index contributed by atoms with van der Waals surface area (Å²) < 4.78 is 10.4. The van der Waals surface area contributed by atoms with Gasteiger partial charge in [0.2, 0.25) is 5.89 Å². The summed E-state index contributed by atoms with van der Waals surface area (Å²) in [6.45, 7) is 6.81. The number of aliphatic imine (C=N–C) groups is 1. The highest BCUT2D eigenvalue weighted by molar-refractivity contribution is 5.79. The van der Waals surface area contributed by atoms with Crippen LogP contribution in [0.5, 0.6) is 0 Å². The fraction of sp³-hybridized carbons (Fsp3) is 0.812. The lowest BCUT2D eigenvalue weighted by atomic mass is 9.83. The van der Waals surface area contributed by atoms with Crippen LogP contribution in [-0.2, 0) is 11.3 Å². The molecular weight excluding hydrogens is 294 g/mol. The molecule has 1 aliphatic carbocycles. The van der Waals surface area contributed by atoms with Crippen molar-refractivity contribution in [3.05, 3.63) is 11.7 Å². The van der Waals surface area contributed by atoms with Gasteiger partial charge in [0.1, 0.15) is 6.54 Å². The number of nitrogens with one attached hydrogen (secondary N) is 2. The summed E-state index contributed by atoms with van der Waals surface area (Å²) in [5.41, 5.74) is 0.327. The fourth-order valence-electron chi connectivity index (χ4n) is 3.12. The van der Waals surface area contributed by atoms with Crippen LogP contribution < -0.4 is 10.6 Å². The van der Waals surface area contributed by atoms with Gasteiger partial charge in [-0.3, -0.25) is 0 Å². The molecule has 23 heavy (non-hydrogen) atoms. The molecule has 0 unspecified atom stereocenters. The summed E-state index contributed by atoms with van der Waals surface area (Å²) in [7, 11) is 1.77. The van der Waals surface area contributed by atoms with Gasteiger partial charge in [-0.1, -0.05) is 18.0 Å². The third kappa shape index (κ3) is 5.49. The van der Waals surface area contributed by atoms with Crippen molar-refractivity contribution in [2.75, 3.05) is 26.8 Å². The van der Waals surface area contributed by atoms with Crippen molar-refractivity contribution in [3.63, 3.8) is 0 Å². The van der Waals surface area contributed by atoms with Crippen LogP contribution in [0, 0.1) is 12.3 Å². The monoisotopic (exact) mass is 323 g/mol. The molecule has 1 aromatic heterocycles. The van der Waals surface area contributed by atoms with E-state index < -0.39 is 0 Å². The van der Waals surface area contributed by atoms with E-state index in [1.165, 1.54) is 25.7 Å². The Morgan fingerprint density at radius 1 is 1.35 bits per heavy atom. The van der Waals surface area contributed by atoms with Gasteiger partial charge in [-0.2, -0.15) is 4.98 Å². The van der Waals surface area contributed by atoms with Crippen LogP contribution in [0.25, 0.3) is 0 Å². The minimum atomic E-state index is 0.327. The molecule has 130 valence electrons. The van der Waals surface area contributed by atoms with Crippen molar-refractivity contribution < 1.29 is 9.26 Å². The molecule has 0 atom stereocenters. The van der Waals surface area contributed by atoms with Crippen LogP contribution >= 0.6 is 0 Å². The van der Waals surface area contributed by atoms with Crippen LogP contribution in [0.4, 0.5) is 0 Å². The smallest absolute Gasteiger partial charge is 0.248 e. The van der Waals surface area contributed by atoms with Gasteiger partial charge in [0.25, 0.3) is 0 Å². The van der Waals surface area contributed by atoms with Crippen LogP contribution in [0.15, 0.2) is 9.52 Å². The first-order valence-electron chi connectivity index (χ1n) is 8.48. The number of hydrogen-bond donors (Lipinski definition) is 2. The summed E-state index contributed by atoms with van der Waals surface area (Å²) in [6, 6.07) is 0. The molecule has 2 N–H and O–H groups in total. The van der Waals surface area contributed by atoms with Gasteiger partial charge in [0.15, 0.2) is 11.8 Å². The van der Waals surface area contributed by atoms with E-state index in [4.69, 9.17) is 9.26 Å². The second kappa shape index (κ2) is 8.86. The third-order valence-corrected chi connectivity index (χ3v) is 4.42. The Kier molecular flexibility index (Phi) is 6.83. The molecular formula is C16H29N5O2. The molecule has 1 aliphatic rings. The Morgan fingerprint density at radius 3 is 2.74 bits per heavy atom. The first-order valence-corrected chi connectivity index (χ1v) is 8.48. The maximum atomic E-state index is 5.29. The maximum absolute atomic E-state index is 5.29. The molecule has 7 heteroatoms. The summed E-state index contributed by atoms with van der Waals surface area (Å²) >= 11 is 0. The molecule has 1 aromatic rings. The molecule has 1 heterocycles. The summed E-state index contributed by atoms with van der Waals surface area (Å²) in [4.78, 5) is 8.71. The lowest BCUT2D eigenvalue weighted by molar-refractivity contribution is 0.138. The van der Waals surface area contributed by atoms with Gasteiger partial charge in [-0.05, 0) is 38.5 Å². The Balaban J connectivity index is 1.92. The lowest BCUT2D eigenvalue weighted by Crippen LogP contribution is -2.43. The fourth-order valence-corrected chi connectivity index (χ4v) is 3.12. The highest BCUT2D eigenvalue weighted by Gasteiger charge is 2.33. The first kappa shape index (κ1) is 17.7. The van der Waals surface area contributed by atoms with Crippen LogP contribution in [0.2, 0.25) is 0 Å². The van der Waals surface area contributed by atoms with E-state index in [2.05, 4.69) is 32.7 Å². The molecule has 1 fully saturated rings. The summed E-state index contributed by atoms with van der Waals surface area (Å²) in [5, 5.41) is 10.5. The standard InChI is InChI=1S/C16H29N5O2/c1-4-17-15(18-11-14-20-13(2)21-23-14)19-12-16(9-10-22-3)7-5-6-8-16/h4-12H2,1-3H3,(H2,17,18,19). The maximum Gasteiger partial charge on any atom is 0.248 e. The minimum Gasteiger partial charge on any atom is -0.385 e. The highest BCUT2D eigenvalue weighted by Crippen LogP contribution is 2.40. The minimum absolute atomic E-state index is 0.327. The molecule has 0 radical (unpaired) electrons. The number of guanidine groups is 1. The Morgan fingerprint density at radius 2 is 2.13 bits per heavy atom. The number of aromatic nitrogens is 2.